The van der Waals surface area contributed by atoms with E-state index in [4.69, 9.17) is 0 Å². The van der Waals surface area contributed by atoms with Crippen molar-refractivity contribution in [1.29, 1.82) is 0 Å². The maximum atomic E-state index is 13.2. The largest absolute Gasteiger partial charge is 0.405 e. The predicted molar refractivity (Wildman–Crippen MR) is 122 cm³/mol. The summed E-state index contributed by atoms with van der Waals surface area (Å²) in [4.78, 5) is 42.8. The number of rotatable bonds is 5. The summed E-state index contributed by atoms with van der Waals surface area (Å²) in [6, 6.07) is 0.885. The number of nitrogens with zero attached hydrogens (tertiary/aromatic N) is 4. The average Bonchev–Trinajstić information content (AvgIpc) is 3.25. The van der Waals surface area contributed by atoms with Crippen LogP contribution >= 0.6 is 22.6 Å². The van der Waals surface area contributed by atoms with Crippen molar-refractivity contribution in [2.24, 2.45) is 0 Å². The van der Waals surface area contributed by atoms with Crippen LogP contribution in [0.15, 0.2) is 30.9 Å². The molecule has 0 aromatic carbocycles. The van der Waals surface area contributed by atoms with E-state index >= 15 is 0 Å². The van der Waals surface area contributed by atoms with Crippen molar-refractivity contribution in [2.45, 2.75) is 16.6 Å². The first-order chi connectivity index (χ1) is 15.8. The number of carbonyl (C=O) groups excluding carboxylic acids is 2. The molecular weight excluding hydrogens is 554 g/mol. The quantitative estimate of drug-likeness (QED) is 0.318. The minimum Gasteiger partial charge on any atom is -0.345 e. The van der Waals surface area contributed by atoms with E-state index < -0.39 is 30.6 Å². The number of amides is 2. The Kier molecular flexibility index (Phi) is 6.78. The molecule has 0 bridgehead atoms. The van der Waals surface area contributed by atoms with E-state index in [-0.39, 0.29) is 18.8 Å². The molecule has 1 saturated heterocycles. The number of hydrogen-bond donors (Lipinski definition) is 3. The molecule has 0 saturated carbocycles. The summed E-state index contributed by atoms with van der Waals surface area (Å²) < 4.78 is 38.3. The summed E-state index contributed by atoms with van der Waals surface area (Å²) in [6.07, 6.45) is 1.75. The highest BCUT2D eigenvalue weighted by Crippen LogP contribution is 2.27. The van der Waals surface area contributed by atoms with Crippen LogP contribution in [0, 0.1) is 0 Å². The van der Waals surface area contributed by atoms with E-state index in [1.54, 1.807) is 12.4 Å². The summed E-state index contributed by atoms with van der Waals surface area (Å²) in [5.41, 5.74) is 2.84. The van der Waals surface area contributed by atoms with Gasteiger partial charge in [0.15, 0.2) is 0 Å². The predicted octanol–water partition coefficient (Wildman–Crippen LogP) is 2.05. The van der Waals surface area contributed by atoms with Gasteiger partial charge in [-0.15, -0.1) is 0 Å². The van der Waals surface area contributed by atoms with E-state index in [1.807, 2.05) is 11.4 Å². The molecule has 0 spiro atoms. The van der Waals surface area contributed by atoms with E-state index in [1.165, 1.54) is 17.3 Å². The maximum absolute atomic E-state index is 13.2. The molecule has 0 aliphatic carbocycles. The van der Waals surface area contributed by atoms with Crippen LogP contribution in [0.3, 0.4) is 0 Å². The lowest BCUT2D eigenvalue weighted by Gasteiger charge is -2.35. The minimum atomic E-state index is -4.54. The summed E-state index contributed by atoms with van der Waals surface area (Å²) in [5.74, 6) is -1.46. The van der Waals surface area contributed by atoms with Crippen molar-refractivity contribution < 1.29 is 22.8 Å². The second-order valence-electron chi connectivity index (χ2n) is 7.42. The first-order valence-electron chi connectivity index (χ1n) is 9.97. The Hall–Kier alpha value is -2.81. The van der Waals surface area contributed by atoms with Gasteiger partial charge < -0.3 is 20.5 Å². The molecule has 1 aliphatic rings. The molecular formula is C20H19F3IN7O2. The molecule has 3 N–H and O–H groups in total. The van der Waals surface area contributed by atoms with Crippen LogP contribution in [0.1, 0.15) is 16.1 Å². The molecule has 3 aromatic heterocycles. The molecule has 13 heteroatoms. The first-order valence-corrected chi connectivity index (χ1v) is 11.5. The number of H-pyrrole nitrogens is 1. The third kappa shape index (κ3) is 5.24. The van der Waals surface area contributed by atoms with Gasteiger partial charge in [-0.05, 0) is 11.6 Å². The number of alkyl halides is 4. The summed E-state index contributed by atoms with van der Waals surface area (Å²) in [5, 5.41) is 5.61. The SMILES string of the molecule is O=C(NCC(F)(F)F)[C@H]1CNCCN1C(=O)c1cncc(-c2c[nH]c3ncc(CI)cc23)n1. The summed E-state index contributed by atoms with van der Waals surface area (Å²) in [7, 11) is 0. The Bertz CT molecular complexity index is 1180. The fourth-order valence-corrected chi connectivity index (χ4v) is 3.98. The minimum absolute atomic E-state index is 0.00428. The van der Waals surface area contributed by atoms with Crippen molar-refractivity contribution in [3.8, 4) is 11.3 Å². The molecule has 4 rings (SSSR count). The molecule has 174 valence electrons. The van der Waals surface area contributed by atoms with Crippen LogP contribution in [0.25, 0.3) is 22.3 Å². The van der Waals surface area contributed by atoms with Gasteiger partial charge in [0.1, 0.15) is 23.9 Å². The second kappa shape index (κ2) is 9.59. The van der Waals surface area contributed by atoms with Gasteiger partial charge in [0.2, 0.25) is 5.91 Å². The Morgan fingerprint density at radius 2 is 2.09 bits per heavy atom. The van der Waals surface area contributed by atoms with Gasteiger partial charge in [-0.25, -0.2) is 9.97 Å². The number of nitrogens with one attached hydrogen (secondary N) is 3. The van der Waals surface area contributed by atoms with Gasteiger partial charge in [0.25, 0.3) is 5.91 Å². The lowest BCUT2D eigenvalue weighted by Crippen LogP contribution is -2.60. The number of carbonyl (C=O) groups is 2. The number of fused-ring (bicyclic) bond motifs is 1. The molecule has 0 radical (unpaired) electrons. The van der Waals surface area contributed by atoms with E-state index in [2.05, 4.69) is 47.8 Å². The molecule has 1 aliphatic heterocycles. The molecule has 1 atom stereocenters. The van der Waals surface area contributed by atoms with E-state index in [0.29, 0.717) is 23.4 Å². The summed E-state index contributed by atoms with van der Waals surface area (Å²) >= 11 is 2.24. The Morgan fingerprint density at radius 1 is 1.27 bits per heavy atom. The van der Waals surface area contributed by atoms with Crippen molar-refractivity contribution in [1.82, 2.24) is 35.5 Å². The lowest BCUT2D eigenvalue weighted by atomic mass is 10.1. The fourth-order valence-electron chi connectivity index (χ4n) is 3.56. The zero-order chi connectivity index (χ0) is 23.6. The van der Waals surface area contributed by atoms with Gasteiger partial charge in [0, 0.05) is 47.4 Å². The highest BCUT2D eigenvalue weighted by molar-refractivity contribution is 14.1. The van der Waals surface area contributed by atoms with Crippen molar-refractivity contribution >= 4 is 45.4 Å². The van der Waals surface area contributed by atoms with Crippen molar-refractivity contribution in [2.75, 3.05) is 26.2 Å². The third-order valence-electron chi connectivity index (χ3n) is 5.14. The molecule has 1 fully saturated rings. The molecule has 2 amide bonds. The topological polar surface area (TPSA) is 116 Å². The molecule has 3 aromatic rings. The van der Waals surface area contributed by atoms with Crippen LogP contribution < -0.4 is 10.6 Å². The average molecular weight is 573 g/mol. The standard InChI is InChI=1S/C20H19F3IN7O2/c21-20(22,23)10-29-18(32)16-9-25-1-2-31(16)19(33)15-8-26-7-14(30-15)13-6-28-17-12(13)3-11(4-24)5-27-17/h3,5-8,16,25H,1-2,4,9-10H2,(H,27,28)(H,29,32)/t16-/m1/s1. The molecule has 33 heavy (non-hydrogen) atoms. The highest BCUT2D eigenvalue weighted by Gasteiger charge is 2.36. The smallest absolute Gasteiger partial charge is 0.345 e. The van der Waals surface area contributed by atoms with Gasteiger partial charge in [-0.2, -0.15) is 13.2 Å². The number of aromatic nitrogens is 4. The highest BCUT2D eigenvalue weighted by atomic mass is 127. The number of piperazine rings is 1. The Morgan fingerprint density at radius 3 is 2.85 bits per heavy atom. The van der Waals surface area contributed by atoms with E-state index in [9.17, 15) is 22.8 Å². The van der Waals surface area contributed by atoms with Crippen LogP contribution in [-0.2, 0) is 9.22 Å². The lowest BCUT2D eigenvalue weighted by molar-refractivity contribution is -0.141. The van der Waals surface area contributed by atoms with Gasteiger partial charge in [-0.1, -0.05) is 22.6 Å². The second-order valence-corrected chi connectivity index (χ2v) is 8.18. The number of hydrogen-bond acceptors (Lipinski definition) is 6. The van der Waals surface area contributed by atoms with Crippen molar-refractivity contribution in [3.05, 3.63) is 42.1 Å². The Labute approximate surface area is 199 Å². The fraction of sp³-hybridized carbons (Fsp3) is 0.350. The zero-order valence-corrected chi connectivity index (χ0v) is 19.3. The third-order valence-corrected chi connectivity index (χ3v) is 6.02. The monoisotopic (exact) mass is 573 g/mol. The van der Waals surface area contributed by atoms with Gasteiger partial charge >= 0.3 is 6.18 Å². The number of aromatic amines is 1. The summed E-state index contributed by atoms with van der Waals surface area (Å²) in [6.45, 7) is -0.886. The van der Waals surface area contributed by atoms with E-state index in [0.717, 1.165) is 15.4 Å². The maximum Gasteiger partial charge on any atom is 0.405 e. The van der Waals surface area contributed by atoms with Crippen LogP contribution in [0.4, 0.5) is 13.2 Å². The Balaban J connectivity index is 1.60. The van der Waals surface area contributed by atoms with Gasteiger partial charge in [-0.3, -0.25) is 14.6 Å². The molecule has 0 unspecified atom stereocenters. The normalized spacial score (nSPS) is 16.7. The van der Waals surface area contributed by atoms with Gasteiger partial charge in [0.05, 0.1) is 18.1 Å². The van der Waals surface area contributed by atoms with Crippen LogP contribution in [-0.4, -0.2) is 75.0 Å². The van der Waals surface area contributed by atoms with Crippen LogP contribution in [0.5, 0.6) is 0 Å². The number of halogens is 4. The number of pyridine rings is 1. The van der Waals surface area contributed by atoms with Crippen molar-refractivity contribution in [3.63, 3.8) is 0 Å². The molecule has 4 heterocycles. The zero-order valence-electron chi connectivity index (χ0n) is 17.1. The molecule has 9 nitrogen and oxygen atoms in total. The van der Waals surface area contributed by atoms with Crippen LogP contribution in [0.2, 0.25) is 0 Å². The first kappa shape index (κ1) is 23.4.